The van der Waals surface area contributed by atoms with Gasteiger partial charge in [-0.15, -0.1) is 0 Å². The monoisotopic (exact) mass is 214 g/mol. The molecule has 2 N–H and O–H groups in total. The molecule has 0 aromatic carbocycles. The van der Waals surface area contributed by atoms with Gasteiger partial charge in [-0.05, 0) is 18.1 Å². The SMILES string of the molecule is NC(=O)C#Cc1ncccc1C(F)(F)F. The molecule has 1 aromatic heterocycles. The van der Waals surface area contributed by atoms with E-state index in [9.17, 15) is 18.0 Å². The average Bonchev–Trinajstić information content (AvgIpc) is 2.13. The summed E-state index contributed by atoms with van der Waals surface area (Å²) in [6, 6.07) is 1.97. The molecule has 0 aliphatic carbocycles. The Balaban J connectivity index is 3.21. The fourth-order valence-electron chi connectivity index (χ4n) is 0.854. The smallest absolute Gasteiger partial charge is 0.359 e. The average molecular weight is 214 g/mol. The van der Waals surface area contributed by atoms with E-state index in [0.717, 1.165) is 18.3 Å². The van der Waals surface area contributed by atoms with Crippen LogP contribution in [-0.2, 0) is 11.0 Å². The Kier molecular flexibility index (Phi) is 2.95. The Morgan fingerprint density at radius 2 is 2.13 bits per heavy atom. The number of halogens is 3. The van der Waals surface area contributed by atoms with E-state index in [2.05, 4.69) is 10.7 Å². The van der Waals surface area contributed by atoms with E-state index in [4.69, 9.17) is 0 Å². The summed E-state index contributed by atoms with van der Waals surface area (Å²) in [5.74, 6) is 2.76. The van der Waals surface area contributed by atoms with Crippen molar-refractivity contribution >= 4 is 5.91 Å². The van der Waals surface area contributed by atoms with Crippen molar-refractivity contribution in [3.63, 3.8) is 0 Å². The third kappa shape index (κ3) is 2.98. The molecule has 3 nitrogen and oxygen atoms in total. The van der Waals surface area contributed by atoms with E-state index < -0.39 is 23.3 Å². The van der Waals surface area contributed by atoms with Crippen LogP contribution in [-0.4, -0.2) is 10.9 Å². The number of hydrogen-bond acceptors (Lipinski definition) is 2. The van der Waals surface area contributed by atoms with Crippen LogP contribution in [0.2, 0.25) is 0 Å². The van der Waals surface area contributed by atoms with Crippen LogP contribution < -0.4 is 5.73 Å². The van der Waals surface area contributed by atoms with Gasteiger partial charge in [0.05, 0.1) is 5.56 Å². The Labute approximate surface area is 83.1 Å². The summed E-state index contributed by atoms with van der Waals surface area (Å²) in [6.07, 6.45) is -3.39. The summed E-state index contributed by atoms with van der Waals surface area (Å²) >= 11 is 0. The number of nitrogens with zero attached hydrogens (tertiary/aromatic N) is 1. The number of amides is 1. The maximum absolute atomic E-state index is 12.3. The van der Waals surface area contributed by atoms with Crippen molar-refractivity contribution in [2.75, 3.05) is 0 Å². The number of carbonyl (C=O) groups is 1. The Morgan fingerprint density at radius 1 is 1.47 bits per heavy atom. The highest BCUT2D eigenvalue weighted by molar-refractivity contribution is 5.92. The molecule has 0 aliphatic heterocycles. The van der Waals surface area contributed by atoms with E-state index in [1.165, 1.54) is 0 Å². The van der Waals surface area contributed by atoms with Crippen LogP contribution in [0.1, 0.15) is 11.3 Å². The molecular formula is C9H5F3N2O. The Morgan fingerprint density at radius 3 is 2.67 bits per heavy atom. The molecule has 0 saturated heterocycles. The van der Waals surface area contributed by atoms with Crippen molar-refractivity contribution in [3.8, 4) is 11.8 Å². The van der Waals surface area contributed by atoms with Gasteiger partial charge < -0.3 is 5.73 Å². The lowest BCUT2D eigenvalue weighted by atomic mass is 10.2. The Bertz CT molecular complexity index is 443. The van der Waals surface area contributed by atoms with Crippen molar-refractivity contribution in [2.24, 2.45) is 5.73 Å². The van der Waals surface area contributed by atoms with Crippen molar-refractivity contribution in [3.05, 3.63) is 29.6 Å². The molecule has 0 fully saturated rings. The molecule has 0 spiro atoms. The van der Waals surface area contributed by atoms with E-state index >= 15 is 0 Å². The first kappa shape index (κ1) is 11.0. The molecule has 6 heteroatoms. The minimum Gasteiger partial charge on any atom is -0.359 e. The third-order valence-corrected chi connectivity index (χ3v) is 1.42. The molecule has 0 aliphatic rings. The summed E-state index contributed by atoms with van der Waals surface area (Å²) in [5.41, 5.74) is 3.18. The standard InChI is InChI=1S/C9H5F3N2O/c10-9(11,12)6-2-1-5-14-7(6)3-4-8(13)15/h1-2,5H,(H2,13,15). The molecule has 1 heterocycles. The zero-order valence-electron chi connectivity index (χ0n) is 7.30. The zero-order valence-corrected chi connectivity index (χ0v) is 7.30. The number of primary amides is 1. The summed E-state index contributed by atoms with van der Waals surface area (Å²) < 4.78 is 37.0. The van der Waals surface area contributed by atoms with Gasteiger partial charge >= 0.3 is 6.18 Å². The molecular weight excluding hydrogens is 209 g/mol. The third-order valence-electron chi connectivity index (χ3n) is 1.42. The maximum atomic E-state index is 12.3. The van der Waals surface area contributed by atoms with E-state index in [1.807, 2.05) is 5.92 Å². The number of aromatic nitrogens is 1. The molecule has 0 bridgehead atoms. The maximum Gasteiger partial charge on any atom is 0.419 e. The van der Waals surface area contributed by atoms with Crippen LogP contribution in [0.5, 0.6) is 0 Å². The molecule has 0 atom stereocenters. The van der Waals surface area contributed by atoms with Gasteiger partial charge in [0.2, 0.25) is 0 Å². The van der Waals surface area contributed by atoms with Crippen LogP contribution in [0.15, 0.2) is 18.3 Å². The van der Waals surface area contributed by atoms with Crippen molar-refractivity contribution < 1.29 is 18.0 Å². The fourth-order valence-corrected chi connectivity index (χ4v) is 0.854. The van der Waals surface area contributed by atoms with Gasteiger partial charge in [0, 0.05) is 12.1 Å². The number of hydrogen-bond donors (Lipinski definition) is 1. The first-order chi connectivity index (χ1) is 6.91. The van der Waals surface area contributed by atoms with Crippen molar-refractivity contribution in [1.82, 2.24) is 4.98 Å². The number of carbonyl (C=O) groups excluding carboxylic acids is 1. The van der Waals surface area contributed by atoms with Gasteiger partial charge in [-0.25, -0.2) is 4.98 Å². The number of pyridine rings is 1. The highest BCUT2D eigenvalue weighted by Gasteiger charge is 2.33. The largest absolute Gasteiger partial charge is 0.419 e. The van der Waals surface area contributed by atoms with E-state index in [-0.39, 0.29) is 0 Å². The predicted molar refractivity (Wildman–Crippen MR) is 45.3 cm³/mol. The number of rotatable bonds is 0. The van der Waals surface area contributed by atoms with Gasteiger partial charge in [0.1, 0.15) is 5.69 Å². The van der Waals surface area contributed by atoms with Crippen LogP contribution in [0, 0.1) is 11.8 Å². The first-order valence-corrected chi connectivity index (χ1v) is 3.75. The second-order valence-electron chi connectivity index (χ2n) is 2.51. The van der Waals surface area contributed by atoms with Gasteiger partial charge in [0.15, 0.2) is 0 Å². The number of nitrogens with two attached hydrogens (primary N) is 1. The zero-order chi connectivity index (χ0) is 11.5. The van der Waals surface area contributed by atoms with E-state index in [1.54, 1.807) is 5.92 Å². The highest BCUT2D eigenvalue weighted by Crippen LogP contribution is 2.30. The summed E-state index contributed by atoms with van der Waals surface area (Å²) in [5, 5.41) is 0. The first-order valence-electron chi connectivity index (χ1n) is 3.75. The van der Waals surface area contributed by atoms with Gasteiger partial charge in [0.25, 0.3) is 5.91 Å². The number of alkyl halides is 3. The summed E-state index contributed by atoms with van der Waals surface area (Å²) in [4.78, 5) is 13.7. The fraction of sp³-hybridized carbons (Fsp3) is 0.111. The van der Waals surface area contributed by atoms with Crippen LogP contribution in [0.25, 0.3) is 0 Å². The van der Waals surface area contributed by atoms with Crippen LogP contribution in [0.4, 0.5) is 13.2 Å². The van der Waals surface area contributed by atoms with Gasteiger partial charge in [-0.2, -0.15) is 13.2 Å². The molecule has 15 heavy (non-hydrogen) atoms. The summed E-state index contributed by atoms with van der Waals surface area (Å²) in [7, 11) is 0. The van der Waals surface area contributed by atoms with Crippen molar-refractivity contribution in [2.45, 2.75) is 6.18 Å². The minimum atomic E-state index is -4.55. The minimum absolute atomic E-state index is 0.510. The van der Waals surface area contributed by atoms with Crippen LogP contribution >= 0.6 is 0 Å². The molecule has 1 rings (SSSR count). The van der Waals surface area contributed by atoms with Gasteiger partial charge in [-0.3, -0.25) is 4.79 Å². The second kappa shape index (κ2) is 4.00. The molecule has 0 unspecified atom stereocenters. The molecule has 1 aromatic rings. The quantitative estimate of drug-likeness (QED) is 0.653. The second-order valence-corrected chi connectivity index (χ2v) is 2.51. The molecule has 0 saturated carbocycles. The van der Waals surface area contributed by atoms with Crippen molar-refractivity contribution in [1.29, 1.82) is 0 Å². The van der Waals surface area contributed by atoms with Gasteiger partial charge in [-0.1, -0.05) is 0 Å². The highest BCUT2D eigenvalue weighted by atomic mass is 19.4. The summed E-state index contributed by atoms with van der Waals surface area (Å²) in [6.45, 7) is 0. The molecule has 1 amide bonds. The van der Waals surface area contributed by atoms with E-state index in [0.29, 0.717) is 0 Å². The lowest BCUT2D eigenvalue weighted by Crippen LogP contribution is -2.10. The topological polar surface area (TPSA) is 56.0 Å². The normalized spacial score (nSPS) is 10.3. The molecule has 0 radical (unpaired) electrons. The lowest BCUT2D eigenvalue weighted by molar-refractivity contribution is -0.138. The lowest BCUT2D eigenvalue weighted by Gasteiger charge is -2.06. The molecule has 78 valence electrons. The predicted octanol–water partition coefficient (Wildman–Crippen LogP) is 0.937. The van der Waals surface area contributed by atoms with Crippen LogP contribution in [0.3, 0.4) is 0 Å². The Hall–Kier alpha value is -2.03.